The molecule has 0 amide bonds. The fourth-order valence-electron chi connectivity index (χ4n) is 3.82. The maximum absolute atomic E-state index is 13.0. The third-order valence-corrected chi connectivity index (χ3v) is 6.09. The zero-order valence-corrected chi connectivity index (χ0v) is 16.0. The molecule has 4 heterocycles. The fraction of sp³-hybridized carbons (Fsp3) is 0.368. The van der Waals surface area contributed by atoms with E-state index in [1.165, 1.54) is 0 Å². The van der Waals surface area contributed by atoms with Crippen LogP contribution >= 0.6 is 11.3 Å². The lowest BCUT2D eigenvalue weighted by molar-refractivity contribution is 0.279. The van der Waals surface area contributed by atoms with Gasteiger partial charge in [0.2, 0.25) is 0 Å². The molecular weight excluding hydrogens is 360 g/mol. The highest BCUT2D eigenvalue weighted by Gasteiger charge is 2.34. The van der Waals surface area contributed by atoms with E-state index in [2.05, 4.69) is 20.3 Å². The molecule has 0 atom stereocenters. The topological polar surface area (TPSA) is 77.6 Å². The van der Waals surface area contributed by atoms with Crippen LogP contribution < -0.4 is 11.0 Å². The normalized spacial score (nSPS) is 19.7. The van der Waals surface area contributed by atoms with Crippen molar-refractivity contribution in [3.63, 3.8) is 0 Å². The van der Waals surface area contributed by atoms with Crippen molar-refractivity contribution in [1.29, 1.82) is 0 Å². The molecular formula is C19H20N6OS. The quantitative estimate of drug-likeness (QED) is 0.585. The first kappa shape index (κ1) is 16.4. The van der Waals surface area contributed by atoms with Crippen LogP contribution in [0.1, 0.15) is 38.8 Å². The van der Waals surface area contributed by atoms with Gasteiger partial charge in [-0.3, -0.25) is 9.13 Å². The van der Waals surface area contributed by atoms with E-state index in [1.54, 1.807) is 23.7 Å². The Bertz CT molecular complexity index is 1150. The lowest BCUT2D eigenvalue weighted by Crippen LogP contribution is -2.41. The van der Waals surface area contributed by atoms with Gasteiger partial charge in [-0.25, -0.2) is 19.7 Å². The van der Waals surface area contributed by atoms with Crippen LogP contribution in [0.3, 0.4) is 0 Å². The first-order valence-corrected chi connectivity index (χ1v) is 9.99. The molecule has 1 saturated carbocycles. The summed E-state index contributed by atoms with van der Waals surface area (Å²) < 4.78 is 4.78. The van der Waals surface area contributed by atoms with Crippen LogP contribution in [0.5, 0.6) is 0 Å². The first-order chi connectivity index (χ1) is 13.1. The van der Waals surface area contributed by atoms with Gasteiger partial charge in [-0.15, -0.1) is 0 Å². The molecule has 1 N–H and O–H groups in total. The van der Waals surface area contributed by atoms with Gasteiger partial charge in [0, 0.05) is 30.5 Å². The predicted octanol–water partition coefficient (Wildman–Crippen LogP) is 3.60. The number of rotatable bonds is 4. The van der Waals surface area contributed by atoms with E-state index in [-0.39, 0.29) is 17.8 Å². The molecule has 5 rings (SSSR count). The van der Waals surface area contributed by atoms with Gasteiger partial charge in [-0.2, -0.15) is 0 Å². The minimum atomic E-state index is 0.0336. The lowest BCUT2D eigenvalue weighted by atomic mass is 9.86. The largest absolute Gasteiger partial charge is 0.359 e. The van der Waals surface area contributed by atoms with Crippen molar-refractivity contribution in [1.82, 2.24) is 24.1 Å². The molecule has 0 unspecified atom stereocenters. The van der Waals surface area contributed by atoms with Crippen LogP contribution in [0.25, 0.3) is 21.5 Å². The summed E-state index contributed by atoms with van der Waals surface area (Å²) in [5, 5.41) is 4.38. The maximum Gasteiger partial charge on any atom is 0.330 e. The Kier molecular flexibility index (Phi) is 3.75. The number of nitrogens with zero attached hydrogens (tertiary/aromatic N) is 5. The van der Waals surface area contributed by atoms with Crippen LogP contribution in [0.2, 0.25) is 0 Å². The van der Waals surface area contributed by atoms with Crippen LogP contribution in [-0.2, 0) is 0 Å². The Morgan fingerprint density at radius 3 is 2.74 bits per heavy atom. The van der Waals surface area contributed by atoms with Crippen molar-refractivity contribution in [2.45, 2.75) is 44.8 Å². The summed E-state index contributed by atoms with van der Waals surface area (Å²) in [6.45, 7) is 4.06. The van der Waals surface area contributed by atoms with Gasteiger partial charge in [0.15, 0.2) is 16.4 Å². The number of anilines is 1. The zero-order valence-electron chi connectivity index (χ0n) is 15.2. The number of hydrogen-bond acceptors (Lipinski definition) is 6. The van der Waals surface area contributed by atoms with E-state index in [4.69, 9.17) is 0 Å². The molecule has 138 valence electrons. The van der Waals surface area contributed by atoms with Gasteiger partial charge < -0.3 is 5.32 Å². The minimum Gasteiger partial charge on any atom is -0.359 e. The van der Waals surface area contributed by atoms with Crippen LogP contribution in [-0.4, -0.2) is 30.1 Å². The summed E-state index contributed by atoms with van der Waals surface area (Å²) in [5.74, 6) is 0. The summed E-state index contributed by atoms with van der Waals surface area (Å²) in [5.41, 5.74) is 2.50. The van der Waals surface area contributed by atoms with E-state index < -0.39 is 0 Å². The number of fused-ring (bicyclic) bond motifs is 2. The molecule has 8 heteroatoms. The molecule has 27 heavy (non-hydrogen) atoms. The molecule has 0 radical (unpaired) electrons. The number of thiazole rings is 1. The predicted molar refractivity (Wildman–Crippen MR) is 107 cm³/mol. The second kappa shape index (κ2) is 6.16. The zero-order chi connectivity index (χ0) is 18.5. The van der Waals surface area contributed by atoms with Gasteiger partial charge in [0.1, 0.15) is 0 Å². The van der Waals surface area contributed by atoms with Gasteiger partial charge in [-0.05, 0) is 51.0 Å². The Balaban J connectivity index is 1.39. The summed E-state index contributed by atoms with van der Waals surface area (Å²) >= 11 is 1.62. The van der Waals surface area contributed by atoms with E-state index in [0.29, 0.717) is 6.04 Å². The molecule has 1 fully saturated rings. The number of nitrogens with one attached hydrogen (secondary N) is 1. The van der Waals surface area contributed by atoms with E-state index >= 15 is 0 Å². The molecule has 1 aliphatic rings. The van der Waals surface area contributed by atoms with Crippen molar-refractivity contribution in [3.8, 4) is 0 Å². The van der Waals surface area contributed by atoms with Crippen LogP contribution in [0.4, 0.5) is 5.13 Å². The molecule has 7 nitrogen and oxygen atoms in total. The molecule has 0 spiro atoms. The average Bonchev–Trinajstić information content (AvgIpc) is 3.15. The van der Waals surface area contributed by atoms with Crippen molar-refractivity contribution in [2.75, 3.05) is 5.32 Å². The minimum absolute atomic E-state index is 0.0336. The number of imidazole rings is 1. The van der Waals surface area contributed by atoms with Crippen molar-refractivity contribution in [2.24, 2.45) is 0 Å². The van der Waals surface area contributed by atoms with Crippen LogP contribution in [0, 0.1) is 0 Å². The smallest absolute Gasteiger partial charge is 0.330 e. The highest BCUT2D eigenvalue weighted by Crippen LogP contribution is 2.36. The van der Waals surface area contributed by atoms with Gasteiger partial charge >= 0.3 is 5.69 Å². The highest BCUT2D eigenvalue weighted by atomic mass is 32.1. The Labute approximate surface area is 159 Å². The van der Waals surface area contributed by atoms with E-state index in [0.717, 1.165) is 39.5 Å². The average molecular weight is 380 g/mol. The third-order valence-electron chi connectivity index (χ3n) is 5.15. The number of pyridine rings is 2. The molecule has 4 aromatic rings. The monoisotopic (exact) mass is 380 g/mol. The third kappa shape index (κ3) is 2.63. The van der Waals surface area contributed by atoms with Crippen molar-refractivity contribution < 1.29 is 0 Å². The Morgan fingerprint density at radius 1 is 1.19 bits per heavy atom. The summed E-state index contributed by atoms with van der Waals surface area (Å²) in [6, 6.07) is 8.40. The number of hydrogen-bond donors (Lipinski definition) is 1. The summed E-state index contributed by atoms with van der Waals surface area (Å²) in [4.78, 5) is 26.3. The second-order valence-electron chi connectivity index (χ2n) is 7.27. The second-order valence-corrected chi connectivity index (χ2v) is 8.30. The molecule has 0 aromatic carbocycles. The Hall–Kier alpha value is -2.74. The maximum atomic E-state index is 13.0. The van der Waals surface area contributed by atoms with Gasteiger partial charge in [-0.1, -0.05) is 11.3 Å². The fourth-order valence-corrected chi connectivity index (χ4v) is 4.72. The standard InChI is InChI=1S/C19H20N6OS/c1-11(2)24-14-5-3-8-21-17(14)25(19(24)26)13-9-12(10-13)22-18-23-16-15(27-18)6-4-7-20-16/h3-8,11-13H,9-10H2,1-2H3,(H,20,22,23). The lowest BCUT2D eigenvalue weighted by Gasteiger charge is -2.36. The number of aromatic nitrogens is 5. The van der Waals surface area contributed by atoms with Crippen molar-refractivity contribution >= 4 is 38.0 Å². The van der Waals surface area contributed by atoms with E-state index in [1.807, 2.05) is 47.2 Å². The van der Waals surface area contributed by atoms with E-state index in [9.17, 15) is 4.79 Å². The molecule has 0 bridgehead atoms. The van der Waals surface area contributed by atoms with Crippen LogP contribution in [0.15, 0.2) is 41.5 Å². The molecule has 1 aliphatic carbocycles. The summed E-state index contributed by atoms with van der Waals surface area (Å²) in [6.07, 6.45) is 5.29. The SMILES string of the molecule is CC(C)n1c(=O)n(C2CC(Nc3nc4ncccc4s3)C2)c2ncccc21. The Morgan fingerprint density at radius 2 is 1.96 bits per heavy atom. The molecule has 0 aliphatic heterocycles. The molecule has 0 saturated heterocycles. The van der Waals surface area contributed by atoms with Gasteiger partial charge in [0.05, 0.1) is 10.2 Å². The van der Waals surface area contributed by atoms with Crippen molar-refractivity contribution in [3.05, 3.63) is 47.1 Å². The molecule has 4 aromatic heterocycles. The first-order valence-electron chi connectivity index (χ1n) is 9.17. The highest BCUT2D eigenvalue weighted by molar-refractivity contribution is 7.22. The summed E-state index contributed by atoms with van der Waals surface area (Å²) in [7, 11) is 0. The van der Waals surface area contributed by atoms with Gasteiger partial charge in [0.25, 0.3) is 0 Å².